The van der Waals surface area contributed by atoms with Crippen molar-refractivity contribution >= 4 is 0 Å². The smallest absolute Gasteiger partial charge is 0.340 e. The molecule has 0 saturated heterocycles. The fraction of sp³-hybridized carbons (Fsp3) is 0.857. The van der Waals surface area contributed by atoms with Crippen LogP contribution in [-0.2, 0) is 18.6 Å². The number of nitrogens with zero attached hydrogens (tertiary/aromatic N) is 2. The minimum atomic E-state index is 0. The monoisotopic (exact) mass is 277 g/mol. The molecule has 0 N–H and O–H groups in total. The second-order valence-electron chi connectivity index (χ2n) is 5.45. The third kappa shape index (κ3) is 12.7. The minimum absolute atomic E-state index is 0. The van der Waals surface area contributed by atoms with Crippen LogP contribution in [0.5, 0.6) is 0 Å². The Morgan fingerprint density at radius 3 is 1.65 bits per heavy atom. The van der Waals surface area contributed by atoms with Gasteiger partial charge in [0.25, 0.3) is 0 Å². The van der Waals surface area contributed by atoms with Gasteiger partial charge in [0.05, 0.1) is 0 Å². The van der Waals surface area contributed by atoms with Gasteiger partial charge in [0, 0.05) is 6.54 Å². The standard InChI is InChI=1S/C10H20N.C4H10N.V/c1-9-4-6-10(7-5-9)8-11(2)3;1-4-5(2)3;/h9-10H,1,4-8H2,2-3H3;1,4H2,2-3H3;/q2*-1;+2. The molecule has 1 rings (SSSR count). The van der Waals surface area contributed by atoms with E-state index in [0.29, 0.717) is 0 Å². The van der Waals surface area contributed by atoms with Crippen LogP contribution >= 0.6 is 0 Å². The molecule has 1 saturated carbocycles. The normalized spacial score (nSPS) is 24.0. The zero-order chi connectivity index (χ0) is 12.6. The molecule has 0 unspecified atom stereocenters. The molecule has 101 valence electrons. The molecule has 1 fully saturated rings. The van der Waals surface area contributed by atoms with E-state index in [1.54, 1.807) is 0 Å². The van der Waals surface area contributed by atoms with Crippen molar-refractivity contribution in [1.82, 2.24) is 9.80 Å². The van der Waals surface area contributed by atoms with E-state index in [9.17, 15) is 0 Å². The maximum Gasteiger partial charge on any atom is 2.00 e. The van der Waals surface area contributed by atoms with E-state index in [-0.39, 0.29) is 18.6 Å². The van der Waals surface area contributed by atoms with E-state index < -0.39 is 0 Å². The largest absolute Gasteiger partial charge is 2.00 e. The van der Waals surface area contributed by atoms with E-state index >= 15 is 0 Å². The first kappa shape index (κ1) is 19.8. The van der Waals surface area contributed by atoms with Gasteiger partial charge in [-0.3, -0.25) is 0 Å². The predicted molar refractivity (Wildman–Crippen MR) is 73.3 cm³/mol. The van der Waals surface area contributed by atoms with E-state index in [1.807, 2.05) is 19.0 Å². The fourth-order valence-corrected chi connectivity index (χ4v) is 1.93. The average Bonchev–Trinajstić information content (AvgIpc) is 2.22. The third-order valence-corrected chi connectivity index (χ3v) is 3.04. The molecule has 0 amide bonds. The van der Waals surface area contributed by atoms with Gasteiger partial charge in [-0.2, -0.15) is 5.92 Å². The van der Waals surface area contributed by atoms with E-state index in [0.717, 1.165) is 18.4 Å². The molecule has 0 atom stereocenters. The summed E-state index contributed by atoms with van der Waals surface area (Å²) >= 11 is 0. The van der Waals surface area contributed by atoms with Crippen LogP contribution in [0.15, 0.2) is 0 Å². The molecule has 0 aromatic heterocycles. The van der Waals surface area contributed by atoms with Crippen molar-refractivity contribution in [2.45, 2.75) is 25.7 Å². The summed E-state index contributed by atoms with van der Waals surface area (Å²) < 4.78 is 0. The summed E-state index contributed by atoms with van der Waals surface area (Å²) in [5, 5.41) is 0. The second kappa shape index (κ2) is 11.6. The van der Waals surface area contributed by atoms with Crippen LogP contribution in [0, 0.1) is 25.7 Å². The van der Waals surface area contributed by atoms with Crippen molar-refractivity contribution in [2.75, 3.05) is 41.3 Å². The second-order valence-corrected chi connectivity index (χ2v) is 5.45. The Balaban J connectivity index is 0. The van der Waals surface area contributed by atoms with Gasteiger partial charge in [-0.1, -0.05) is 25.7 Å². The Labute approximate surface area is 121 Å². The Morgan fingerprint density at radius 1 is 0.941 bits per heavy atom. The first-order chi connectivity index (χ1) is 7.45. The van der Waals surface area contributed by atoms with Gasteiger partial charge < -0.3 is 23.6 Å². The Kier molecular flexibility index (Phi) is 13.5. The van der Waals surface area contributed by atoms with E-state index in [1.165, 1.54) is 32.2 Å². The Bertz CT molecular complexity index is 152. The van der Waals surface area contributed by atoms with E-state index in [4.69, 9.17) is 0 Å². The SMILES string of the molecule is [CH2-]C1CCC(CN(C)C)CC1.[CH2-]CN(C)C.[V+2]. The molecular weight excluding hydrogens is 247 g/mol. The summed E-state index contributed by atoms with van der Waals surface area (Å²) in [5.41, 5.74) is 0. The topological polar surface area (TPSA) is 6.48 Å². The maximum atomic E-state index is 4.10. The van der Waals surface area contributed by atoms with Crippen LogP contribution in [0.1, 0.15) is 25.7 Å². The first-order valence-corrected chi connectivity index (χ1v) is 6.37. The molecule has 0 aromatic rings. The summed E-state index contributed by atoms with van der Waals surface area (Å²) in [6.45, 7) is 9.87. The van der Waals surface area contributed by atoms with Crippen LogP contribution in [0.3, 0.4) is 0 Å². The molecule has 3 heteroatoms. The van der Waals surface area contributed by atoms with Gasteiger partial charge in [0.2, 0.25) is 0 Å². The molecule has 1 radical (unpaired) electrons. The van der Waals surface area contributed by atoms with Crippen molar-refractivity contribution in [1.29, 1.82) is 0 Å². The molecular formula is C14H30N2V. The fourth-order valence-electron chi connectivity index (χ4n) is 1.93. The van der Waals surface area contributed by atoms with Gasteiger partial charge in [-0.15, -0.1) is 6.54 Å². The van der Waals surface area contributed by atoms with Crippen LogP contribution in [0.4, 0.5) is 0 Å². The number of rotatable bonds is 3. The van der Waals surface area contributed by atoms with Gasteiger partial charge >= 0.3 is 18.6 Å². The molecule has 2 nitrogen and oxygen atoms in total. The van der Waals surface area contributed by atoms with Gasteiger partial charge in [-0.05, 0) is 34.1 Å². The van der Waals surface area contributed by atoms with Crippen molar-refractivity contribution in [3.63, 3.8) is 0 Å². The zero-order valence-electron chi connectivity index (χ0n) is 12.2. The predicted octanol–water partition coefficient (Wildman–Crippen LogP) is 2.57. The summed E-state index contributed by atoms with van der Waals surface area (Å²) in [5.74, 6) is 1.69. The molecule has 0 aromatic carbocycles. The minimum Gasteiger partial charge on any atom is -0.340 e. The van der Waals surface area contributed by atoms with Crippen LogP contribution in [0.25, 0.3) is 0 Å². The van der Waals surface area contributed by atoms with Crippen molar-refractivity contribution in [2.24, 2.45) is 11.8 Å². The van der Waals surface area contributed by atoms with Crippen molar-refractivity contribution < 1.29 is 18.6 Å². The Morgan fingerprint density at radius 2 is 1.35 bits per heavy atom. The Hall–Kier alpha value is 0.504. The van der Waals surface area contributed by atoms with E-state index in [2.05, 4.69) is 32.8 Å². The number of hydrogen-bond acceptors (Lipinski definition) is 2. The molecule has 0 aliphatic heterocycles. The third-order valence-electron chi connectivity index (χ3n) is 3.04. The van der Waals surface area contributed by atoms with Crippen LogP contribution in [0.2, 0.25) is 0 Å². The molecule has 0 bridgehead atoms. The molecule has 1 aliphatic rings. The molecule has 1 aliphatic carbocycles. The number of hydrogen-bond donors (Lipinski definition) is 0. The van der Waals surface area contributed by atoms with Crippen molar-refractivity contribution in [3.8, 4) is 0 Å². The van der Waals surface area contributed by atoms with Gasteiger partial charge in [-0.25, -0.2) is 0 Å². The van der Waals surface area contributed by atoms with Crippen molar-refractivity contribution in [3.05, 3.63) is 13.8 Å². The summed E-state index contributed by atoms with van der Waals surface area (Å²) in [7, 11) is 8.31. The average molecular weight is 277 g/mol. The first-order valence-electron chi connectivity index (χ1n) is 6.37. The maximum absolute atomic E-state index is 4.10. The molecule has 17 heavy (non-hydrogen) atoms. The van der Waals surface area contributed by atoms with Crippen LogP contribution in [-0.4, -0.2) is 51.1 Å². The van der Waals surface area contributed by atoms with Gasteiger partial charge in [0.15, 0.2) is 0 Å². The summed E-state index contributed by atoms with van der Waals surface area (Å²) in [6.07, 6.45) is 5.48. The van der Waals surface area contributed by atoms with Gasteiger partial charge in [0.1, 0.15) is 0 Å². The molecule has 0 spiro atoms. The summed E-state index contributed by atoms with van der Waals surface area (Å²) in [6, 6.07) is 0. The quantitative estimate of drug-likeness (QED) is 0.732. The molecule has 0 heterocycles. The van der Waals surface area contributed by atoms with Crippen LogP contribution < -0.4 is 0 Å². The summed E-state index contributed by atoms with van der Waals surface area (Å²) in [4.78, 5) is 4.31. The zero-order valence-corrected chi connectivity index (χ0v) is 13.5.